The molecule has 2 aromatic carbocycles. The summed E-state index contributed by atoms with van der Waals surface area (Å²) in [6.07, 6.45) is 1.33. The molecule has 0 aromatic heterocycles. The molecule has 7 nitrogen and oxygen atoms in total. The van der Waals surface area contributed by atoms with E-state index in [0.29, 0.717) is 21.8 Å². The molecular weight excluding hydrogens is 346 g/mol. The summed E-state index contributed by atoms with van der Waals surface area (Å²) >= 11 is 5.82. The summed E-state index contributed by atoms with van der Waals surface area (Å²) in [5.74, 6) is -1.13. The number of amides is 2. The molecular formula is C17H12ClN3O4. The fourth-order valence-electron chi connectivity index (χ4n) is 2.41. The second-order valence-corrected chi connectivity index (χ2v) is 5.86. The third-order valence-corrected chi connectivity index (χ3v) is 3.97. The second-order valence-electron chi connectivity index (χ2n) is 5.42. The zero-order chi connectivity index (χ0) is 18.1. The van der Waals surface area contributed by atoms with Gasteiger partial charge in [0.2, 0.25) is 0 Å². The molecule has 126 valence electrons. The lowest BCUT2D eigenvalue weighted by atomic mass is 10.1. The first-order valence-electron chi connectivity index (χ1n) is 7.24. The lowest BCUT2D eigenvalue weighted by molar-refractivity contribution is -0.385. The molecule has 8 heteroatoms. The minimum atomic E-state index is -0.580. The first kappa shape index (κ1) is 16.7. The molecule has 0 spiro atoms. The number of hydrogen-bond donors (Lipinski definition) is 1. The molecule has 1 aliphatic heterocycles. The summed E-state index contributed by atoms with van der Waals surface area (Å²) in [5.41, 5.74) is 3.63. The van der Waals surface area contributed by atoms with Crippen LogP contribution in [0.25, 0.3) is 6.08 Å². The highest BCUT2D eigenvalue weighted by atomic mass is 35.5. The number of carbonyl (C=O) groups excluding carboxylic acids is 2. The number of hydrogen-bond acceptors (Lipinski definition) is 4. The van der Waals surface area contributed by atoms with Crippen LogP contribution in [-0.4, -0.2) is 16.7 Å². The highest BCUT2D eigenvalue weighted by Gasteiger charge is 2.34. The molecule has 0 saturated carbocycles. The van der Waals surface area contributed by atoms with Crippen molar-refractivity contribution in [2.45, 2.75) is 6.92 Å². The highest BCUT2D eigenvalue weighted by Crippen LogP contribution is 2.25. The van der Waals surface area contributed by atoms with Crippen LogP contribution in [0.5, 0.6) is 0 Å². The Morgan fingerprint density at radius 3 is 2.48 bits per heavy atom. The largest absolute Gasteiger partial charge is 0.282 e. The number of nitro benzene ring substituents is 1. The van der Waals surface area contributed by atoms with Gasteiger partial charge in [0.1, 0.15) is 5.57 Å². The second kappa shape index (κ2) is 6.37. The molecule has 2 amide bonds. The standard InChI is InChI=1S/C17H12ClN3O4/c1-10-2-3-11(9-15(10)21(24)25)8-14-16(22)19-20(17(14)23)13-6-4-12(18)5-7-13/h2-9H,1H3,(H,19,22). The number of carbonyl (C=O) groups is 2. The first-order chi connectivity index (χ1) is 11.9. The van der Waals surface area contributed by atoms with E-state index in [1.165, 1.54) is 12.1 Å². The van der Waals surface area contributed by atoms with Gasteiger partial charge in [0, 0.05) is 16.7 Å². The Labute approximate surface area is 147 Å². The van der Waals surface area contributed by atoms with E-state index in [1.54, 1.807) is 43.3 Å². The average Bonchev–Trinajstić information content (AvgIpc) is 2.85. The number of nitro groups is 1. The van der Waals surface area contributed by atoms with Crippen LogP contribution >= 0.6 is 11.6 Å². The van der Waals surface area contributed by atoms with Gasteiger partial charge < -0.3 is 0 Å². The maximum absolute atomic E-state index is 12.5. The Morgan fingerprint density at radius 2 is 1.84 bits per heavy atom. The van der Waals surface area contributed by atoms with Crippen molar-refractivity contribution in [1.82, 2.24) is 5.43 Å². The molecule has 1 fully saturated rings. The van der Waals surface area contributed by atoms with Crippen LogP contribution in [0.2, 0.25) is 5.02 Å². The Balaban J connectivity index is 1.95. The van der Waals surface area contributed by atoms with E-state index in [1.807, 2.05) is 0 Å². The summed E-state index contributed by atoms with van der Waals surface area (Å²) < 4.78 is 0. The van der Waals surface area contributed by atoms with Crippen molar-refractivity contribution < 1.29 is 14.5 Å². The van der Waals surface area contributed by atoms with Crippen molar-refractivity contribution in [1.29, 1.82) is 0 Å². The van der Waals surface area contributed by atoms with Crippen molar-refractivity contribution >= 4 is 40.9 Å². The van der Waals surface area contributed by atoms with Crippen LogP contribution in [0.3, 0.4) is 0 Å². The number of rotatable bonds is 3. The summed E-state index contributed by atoms with van der Waals surface area (Å²) in [5, 5.41) is 12.6. The molecule has 1 aliphatic rings. The number of hydrazine groups is 1. The van der Waals surface area contributed by atoms with Gasteiger partial charge in [-0.1, -0.05) is 23.7 Å². The summed E-state index contributed by atoms with van der Waals surface area (Å²) in [6, 6.07) is 10.9. The molecule has 2 aromatic rings. The molecule has 1 saturated heterocycles. The number of nitrogens with one attached hydrogen (secondary N) is 1. The van der Waals surface area contributed by atoms with Crippen molar-refractivity contribution in [3.05, 3.63) is 74.3 Å². The van der Waals surface area contributed by atoms with Gasteiger partial charge in [-0.2, -0.15) is 0 Å². The van der Waals surface area contributed by atoms with Crippen LogP contribution in [0.15, 0.2) is 48.0 Å². The van der Waals surface area contributed by atoms with Gasteiger partial charge in [-0.25, -0.2) is 5.01 Å². The van der Waals surface area contributed by atoms with Gasteiger partial charge in [-0.15, -0.1) is 0 Å². The molecule has 3 rings (SSSR count). The molecule has 0 aliphatic carbocycles. The van der Waals surface area contributed by atoms with E-state index in [4.69, 9.17) is 11.6 Å². The average molecular weight is 358 g/mol. The quantitative estimate of drug-likeness (QED) is 0.395. The van der Waals surface area contributed by atoms with Gasteiger partial charge in [0.05, 0.1) is 10.6 Å². The summed E-state index contributed by atoms with van der Waals surface area (Å²) in [4.78, 5) is 35.1. The third-order valence-electron chi connectivity index (χ3n) is 3.72. The fraction of sp³-hybridized carbons (Fsp3) is 0.0588. The van der Waals surface area contributed by atoms with E-state index in [2.05, 4.69) is 5.43 Å². The number of anilines is 1. The van der Waals surface area contributed by atoms with Gasteiger partial charge >= 0.3 is 0 Å². The van der Waals surface area contributed by atoms with Gasteiger partial charge in [0.25, 0.3) is 17.5 Å². The monoisotopic (exact) mass is 357 g/mol. The Hall–Kier alpha value is -3.19. The van der Waals surface area contributed by atoms with E-state index in [9.17, 15) is 19.7 Å². The van der Waals surface area contributed by atoms with E-state index in [0.717, 1.165) is 5.01 Å². The van der Waals surface area contributed by atoms with Crippen molar-refractivity contribution in [3.63, 3.8) is 0 Å². The van der Waals surface area contributed by atoms with Gasteiger partial charge in [-0.05, 0) is 42.8 Å². The number of nitrogens with zero attached hydrogens (tertiary/aromatic N) is 2. The van der Waals surface area contributed by atoms with Crippen LogP contribution < -0.4 is 10.4 Å². The number of halogens is 1. The first-order valence-corrected chi connectivity index (χ1v) is 7.62. The summed E-state index contributed by atoms with van der Waals surface area (Å²) in [6.45, 7) is 1.62. The molecule has 1 heterocycles. The number of benzene rings is 2. The predicted octanol–water partition coefficient (Wildman–Crippen LogP) is 3.02. The van der Waals surface area contributed by atoms with Crippen LogP contribution in [0, 0.1) is 17.0 Å². The summed E-state index contributed by atoms with van der Waals surface area (Å²) in [7, 11) is 0. The minimum Gasteiger partial charge on any atom is -0.267 e. The molecule has 1 N–H and O–H groups in total. The minimum absolute atomic E-state index is 0.0743. The Kier molecular flexibility index (Phi) is 4.24. The molecule has 25 heavy (non-hydrogen) atoms. The Bertz CT molecular complexity index is 922. The van der Waals surface area contributed by atoms with Gasteiger partial charge in [-0.3, -0.25) is 25.1 Å². The smallest absolute Gasteiger partial charge is 0.267 e. The maximum Gasteiger partial charge on any atom is 0.282 e. The number of aryl methyl sites for hydroxylation is 1. The van der Waals surface area contributed by atoms with E-state index < -0.39 is 16.7 Å². The normalized spacial score (nSPS) is 15.6. The zero-order valence-electron chi connectivity index (χ0n) is 13.0. The van der Waals surface area contributed by atoms with E-state index in [-0.39, 0.29) is 11.3 Å². The zero-order valence-corrected chi connectivity index (χ0v) is 13.8. The van der Waals surface area contributed by atoms with Crippen molar-refractivity contribution in [2.75, 3.05) is 5.01 Å². The molecule has 0 bridgehead atoms. The Morgan fingerprint density at radius 1 is 1.16 bits per heavy atom. The molecule has 0 radical (unpaired) electrons. The van der Waals surface area contributed by atoms with Crippen LogP contribution in [-0.2, 0) is 9.59 Å². The van der Waals surface area contributed by atoms with Gasteiger partial charge in [0.15, 0.2) is 0 Å². The van der Waals surface area contributed by atoms with Crippen molar-refractivity contribution in [2.24, 2.45) is 0 Å². The predicted molar refractivity (Wildman–Crippen MR) is 92.9 cm³/mol. The van der Waals surface area contributed by atoms with E-state index >= 15 is 0 Å². The highest BCUT2D eigenvalue weighted by molar-refractivity contribution is 6.32. The van der Waals surface area contributed by atoms with Crippen LogP contribution in [0.4, 0.5) is 11.4 Å². The topological polar surface area (TPSA) is 92.6 Å². The van der Waals surface area contributed by atoms with Crippen LogP contribution in [0.1, 0.15) is 11.1 Å². The maximum atomic E-state index is 12.5. The fourth-order valence-corrected chi connectivity index (χ4v) is 2.53. The SMILES string of the molecule is Cc1ccc(C=C2C(=O)NN(c3ccc(Cl)cc3)C2=O)cc1[N+](=O)[O-]. The molecule has 0 atom stereocenters. The lowest BCUT2D eigenvalue weighted by Gasteiger charge is -2.14. The van der Waals surface area contributed by atoms with Crippen molar-refractivity contribution in [3.8, 4) is 0 Å². The third kappa shape index (κ3) is 3.22. The lowest BCUT2D eigenvalue weighted by Crippen LogP contribution is -2.35. The molecule has 0 unspecified atom stereocenters.